The first-order valence-corrected chi connectivity index (χ1v) is 9.90. The van der Waals surface area contributed by atoms with Crippen molar-refractivity contribution >= 4 is 27.5 Å². The number of amides is 1. The molecule has 144 valence electrons. The molecule has 4 rings (SSSR count). The third kappa shape index (κ3) is 3.49. The molecule has 28 heavy (non-hydrogen) atoms. The molecule has 0 fully saturated rings. The summed E-state index contributed by atoms with van der Waals surface area (Å²) in [7, 11) is 0. The van der Waals surface area contributed by atoms with Crippen molar-refractivity contribution in [3.63, 3.8) is 0 Å². The molecule has 1 aliphatic rings. The van der Waals surface area contributed by atoms with E-state index in [2.05, 4.69) is 21.2 Å². The van der Waals surface area contributed by atoms with Gasteiger partial charge in [0.1, 0.15) is 17.1 Å². The summed E-state index contributed by atoms with van der Waals surface area (Å²) in [5, 5.41) is 13.5. The highest BCUT2D eigenvalue weighted by atomic mass is 79.9. The second-order valence-corrected chi connectivity index (χ2v) is 7.71. The molecule has 0 spiro atoms. The molecule has 0 radical (unpaired) electrons. The van der Waals surface area contributed by atoms with E-state index in [0.29, 0.717) is 29.9 Å². The van der Waals surface area contributed by atoms with Gasteiger partial charge in [-0.05, 0) is 56.0 Å². The molecular formula is C21H19BrN2O4. The summed E-state index contributed by atoms with van der Waals surface area (Å²) in [5.41, 5.74) is 1.25. The van der Waals surface area contributed by atoms with Crippen LogP contribution in [0.1, 0.15) is 40.2 Å². The first kappa shape index (κ1) is 18.6. The van der Waals surface area contributed by atoms with E-state index >= 15 is 0 Å². The average Bonchev–Trinajstić information content (AvgIpc) is 3.18. The van der Waals surface area contributed by atoms with Crippen molar-refractivity contribution in [3.05, 3.63) is 80.1 Å². The van der Waals surface area contributed by atoms with Crippen molar-refractivity contribution in [3.8, 4) is 5.75 Å². The van der Waals surface area contributed by atoms with Crippen molar-refractivity contribution in [2.75, 3.05) is 5.32 Å². The zero-order chi connectivity index (χ0) is 19.7. The summed E-state index contributed by atoms with van der Waals surface area (Å²) in [6.45, 7) is 0.228. The number of nitrogens with one attached hydrogen (secondary N) is 1. The lowest BCUT2D eigenvalue weighted by molar-refractivity contribution is 0.102. The molecule has 7 heteroatoms. The number of nitrogens with zero attached hydrogens (tertiary/aromatic N) is 1. The first-order valence-electron chi connectivity index (χ1n) is 9.11. The van der Waals surface area contributed by atoms with Crippen LogP contribution in [-0.2, 0) is 19.4 Å². The normalized spacial score (nSPS) is 13.2. The van der Waals surface area contributed by atoms with E-state index in [4.69, 9.17) is 4.42 Å². The highest BCUT2D eigenvalue weighted by molar-refractivity contribution is 9.10. The molecule has 2 heterocycles. The Kier molecular flexibility index (Phi) is 5.09. The SMILES string of the molecule is O=C(Nc1cccc(Br)c1)c1c(O)c2c(n(Cc3ccco3)c1=O)CCCC2. The molecule has 0 saturated heterocycles. The summed E-state index contributed by atoms with van der Waals surface area (Å²) < 4.78 is 7.75. The smallest absolute Gasteiger partial charge is 0.267 e. The van der Waals surface area contributed by atoms with Crippen LogP contribution in [0.4, 0.5) is 5.69 Å². The number of anilines is 1. The van der Waals surface area contributed by atoms with Gasteiger partial charge in [0, 0.05) is 21.4 Å². The quantitative estimate of drug-likeness (QED) is 0.636. The summed E-state index contributed by atoms with van der Waals surface area (Å²) in [5.74, 6) is -0.205. The number of pyridine rings is 1. The molecule has 0 atom stereocenters. The van der Waals surface area contributed by atoms with Crippen molar-refractivity contribution in [2.45, 2.75) is 32.2 Å². The lowest BCUT2D eigenvalue weighted by atomic mass is 9.93. The fourth-order valence-electron chi connectivity index (χ4n) is 3.64. The summed E-state index contributed by atoms with van der Waals surface area (Å²) >= 11 is 3.35. The van der Waals surface area contributed by atoms with Gasteiger partial charge in [0.05, 0.1) is 12.8 Å². The molecular weight excluding hydrogens is 424 g/mol. The number of halogens is 1. The Morgan fingerprint density at radius 1 is 1.21 bits per heavy atom. The number of fused-ring (bicyclic) bond motifs is 1. The molecule has 3 aromatic rings. The number of aromatic hydroxyl groups is 1. The van der Waals surface area contributed by atoms with Gasteiger partial charge < -0.3 is 19.4 Å². The summed E-state index contributed by atoms with van der Waals surface area (Å²) in [6.07, 6.45) is 4.72. The number of aromatic nitrogens is 1. The van der Waals surface area contributed by atoms with Crippen molar-refractivity contribution in [1.82, 2.24) is 4.57 Å². The van der Waals surface area contributed by atoms with Crippen LogP contribution >= 0.6 is 15.9 Å². The molecule has 6 nitrogen and oxygen atoms in total. The minimum atomic E-state index is -0.623. The van der Waals surface area contributed by atoms with Crippen LogP contribution in [0.3, 0.4) is 0 Å². The standard InChI is InChI=1S/C21H19BrN2O4/c22-13-5-3-6-14(11-13)23-20(26)18-19(25)16-8-1-2-9-17(16)24(21(18)27)12-15-7-4-10-28-15/h3-7,10-11,25H,1-2,8-9,12H2,(H,23,26). The molecule has 2 aromatic heterocycles. The van der Waals surface area contributed by atoms with Gasteiger partial charge >= 0.3 is 0 Å². The minimum absolute atomic E-state index is 0.206. The van der Waals surface area contributed by atoms with E-state index in [1.165, 1.54) is 0 Å². The van der Waals surface area contributed by atoms with Crippen molar-refractivity contribution in [2.24, 2.45) is 0 Å². The minimum Gasteiger partial charge on any atom is -0.507 e. The van der Waals surface area contributed by atoms with Crippen molar-refractivity contribution in [1.29, 1.82) is 0 Å². The van der Waals surface area contributed by atoms with Crippen LogP contribution < -0.4 is 10.9 Å². The summed E-state index contributed by atoms with van der Waals surface area (Å²) in [6, 6.07) is 10.6. The van der Waals surface area contributed by atoms with Gasteiger partial charge in [-0.25, -0.2) is 0 Å². The Hall–Kier alpha value is -2.80. The van der Waals surface area contributed by atoms with Gasteiger partial charge in [-0.3, -0.25) is 9.59 Å². The van der Waals surface area contributed by atoms with Gasteiger partial charge in [-0.2, -0.15) is 0 Å². The van der Waals surface area contributed by atoms with E-state index in [1.807, 2.05) is 6.07 Å². The predicted molar refractivity (Wildman–Crippen MR) is 109 cm³/mol. The zero-order valence-corrected chi connectivity index (χ0v) is 16.7. The molecule has 1 amide bonds. The number of rotatable bonds is 4. The molecule has 1 aliphatic carbocycles. The van der Waals surface area contributed by atoms with Gasteiger partial charge in [-0.1, -0.05) is 22.0 Å². The zero-order valence-electron chi connectivity index (χ0n) is 15.1. The van der Waals surface area contributed by atoms with E-state index in [-0.39, 0.29) is 17.9 Å². The second kappa shape index (κ2) is 7.67. The monoisotopic (exact) mass is 442 g/mol. The largest absolute Gasteiger partial charge is 0.507 e. The van der Waals surface area contributed by atoms with E-state index in [1.54, 1.807) is 41.2 Å². The lowest BCUT2D eigenvalue weighted by Crippen LogP contribution is -2.34. The number of furan rings is 1. The maximum Gasteiger partial charge on any atom is 0.267 e. The molecule has 0 saturated carbocycles. The predicted octanol–water partition coefficient (Wildman–Crippen LogP) is 4.09. The van der Waals surface area contributed by atoms with Crippen molar-refractivity contribution < 1.29 is 14.3 Å². The van der Waals surface area contributed by atoms with E-state index < -0.39 is 11.5 Å². The Bertz CT molecular complexity index is 1090. The maximum absolute atomic E-state index is 13.2. The van der Waals surface area contributed by atoms with Crippen LogP contribution in [0, 0.1) is 0 Å². The molecule has 0 unspecified atom stereocenters. The molecule has 0 bridgehead atoms. The number of hydrogen-bond acceptors (Lipinski definition) is 4. The van der Waals surface area contributed by atoms with Gasteiger partial charge in [0.2, 0.25) is 0 Å². The highest BCUT2D eigenvalue weighted by Crippen LogP contribution is 2.31. The number of benzene rings is 1. The van der Waals surface area contributed by atoms with Crippen LogP contribution in [0.5, 0.6) is 5.75 Å². The fourth-order valence-corrected chi connectivity index (χ4v) is 4.04. The van der Waals surface area contributed by atoms with Gasteiger partial charge in [0.15, 0.2) is 0 Å². The number of carbonyl (C=O) groups is 1. The van der Waals surface area contributed by atoms with Crippen LogP contribution in [0.15, 0.2) is 56.3 Å². The Morgan fingerprint density at radius 2 is 2.04 bits per heavy atom. The Balaban J connectivity index is 1.80. The van der Waals surface area contributed by atoms with Crippen LogP contribution in [0.25, 0.3) is 0 Å². The average molecular weight is 443 g/mol. The Labute approximate surface area is 169 Å². The third-order valence-corrected chi connectivity index (χ3v) is 5.44. The number of hydrogen-bond donors (Lipinski definition) is 2. The van der Waals surface area contributed by atoms with E-state index in [0.717, 1.165) is 23.0 Å². The molecule has 1 aromatic carbocycles. The molecule has 0 aliphatic heterocycles. The third-order valence-electron chi connectivity index (χ3n) is 4.95. The fraction of sp³-hybridized carbons (Fsp3) is 0.238. The second-order valence-electron chi connectivity index (χ2n) is 6.79. The molecule has 2 N–H and O–H groups in total. The maximum atomic E-state index is 13.2. The van der Waals surface area contributed by atoms with Gasteiger partial charge in [0.25, 0.3) is 11.5 Å². The Morgan fingerprint density at radius 3 is 2.79 bits per heavy atom. The summed E-state index contributed by atoms with van der Waals surface area (Å²) in [4.78, 5) is 26.1. The number of carbonyl (C=O) groups excluding carboxylic acids is 1. The lowest BCUT2D eigenvalue weighted by Gasteiger charge is -2.23. The van der Waals surface area contributed by atoms with Crippen LogP contribution in [-0.4, -0.2) is 15.6 Å². The van der Waals surface area contributed by atoms with E-state index in [9.17, 15) is 14.7 Å². The van der Waals surface area contributed by atoms with Gasteiger partial charge in [-0.15, -0.1) is 0 Å². The topological polar surface area (TPSA) is 84.5 Å². The first-order chi connectivity index (χ1) is 13.5. The highest BCUT2D eigenvalue weighted by Gasteiger charge is 2.27. The van der Waals surface area contributed by atoms with Crippen LogP contribution in [0.2, 0.25) is 0 Å².